The van der Waals surface area contributed by atoms with E-state index in [1.165, 1.54) is 32.4 Å². The van der Waals surface area contributed by atoms with Crippen molar-refractivity contribution in [2.45, 2.75) is 38.0 Å². The second kappa shape index (κ2) is 10.4. The molecule has 2 amide bonds. The third kappa shape index (κ3) is 4.64. The van der Waals surface area contributed by atoms with Gasteiger partial charge in [0.2, 0.25) is 0 Å². The molecule has 1 saturated heterocycles. The van der Waals surface area contributed by atoms with Crippen LogP contribution in [-0.4, -0.2) is 74.2 Å². The van der Waals surface area contributed by atoms with Crippen LogP contribution in [0.5, 0.6) is 11.5 Å². The van der Waals surface area contributed by atoms with Crippen LogP contribution in [0.25, 0.3) is 0 Å². The first-order chi connectivity index (χ1) is 15.4. The number of hydrogen-bond donors (Lipinski definition) is 1. The van der Waals surface area contributed by atoms with Crippen LogP contribution in [0, 0.1) is 0 Å². The number of aliphatic hydroxyl groups is 1. The van der Waals surface area contributed by atoms with Crippen molar-refractivity contribution < 1.29 is 38.4 Å². The molecule has 1 aromatic carbocycles. The van der Waals surface area contributed by atoms with E-state index < -0.39 is 18.4 Å². The van der Waals surface area contributed by atoms with Gasteiger partial charge in [-0.25, -0.2) is 9.69 Å². The smallest absolute Gasteiger partial charge is 0.416 e. The van der Waals surface area contributed by atoms with Gasteiger partial charge in [0.1, 0.15) is 6.61 Å². The first-order valence-electron chi connectivity index (χ1n) is 10.4. The highest BCUT2D eigenvalue weighted by Gasteiger charge is 2.45. The maximum absolute atomic E-state index is 13.3. The number of rotatable bonds is 8. The number of anilines is 1. The summed E-state index contributed by atoms with van der Waals surface area (Å²) in [6.07, 6.45) is 1.17. The lowest BCUT2D eigenvalue weighted by atomic mass is 10.1. The summed E-state index contributed by atoms with van der Waals surface area (Å²) in [5.41, 5.74) is 0.359. The summed E-state index contributed by atoms with van der Waals surface area (Å²) >= 11 is 0. The summed E-state index contributed by atoms with van der Waals surface area (Å²) in [6.45, 7) is 4.14. The Hall–Kier alpha value is -3.27. The monoisotopic (exact) mass is 448 g/mol. The molecule has 0 aromatic heterocycles. The summed E-state index contributed by atoms with van der Waals surface area (Å²) in [7, 11) is 2.75. The van der Waals surface area contributed by atoms with Gasteiger partial charge in [-0.1, -0.05) is 12.7 Å². The molecule has 0 saturated carbocycles. The molecule has 174 valence electrons. The predicted octanol–water partition coefficient (Wildman–Crippen LogP) is 2.09. The molecular formula is C22H28N2O8. The highest BCUT2D eigenvalue weighted by molar-refractivity contribution is 6.06. The molecule has 2 aliphatic heterocycles. The normalized spacial score (nSPS) is 19.5. The molecule has 1 fully saturated rings. The lowest BCUT2D eigenvalue weighted by molar-refractivity contribution is -0.140. The third-order valence-electron chi connectivity index (χ3n) is 5.47. The Balaban J connectivity index is 1.98. The molecule has 0 radical (unpaired) electrons. The maximum atomic E-state index is 13.3. The van der Waals surface area contributed by atoms with Crippen molar-refractivity contribution in [2.75, 3.05) is 38.9 Å². The summed E-state index contributed by atoms with van der Waals surface area (Å²) < 4.78 is 21.0. The number of esters is 1. The van der Waals surface area contributed by atoms with E-state index in [1.54, 1.807) is 4.90 Å². The molecular weight excluding hydrogens is 420 g/mol. The zero-order chi connectivity index (χ0) is 23.3. The van der Waals surface area contributed by atoms with Gasteiger partial charge in [-0.05, 0) is 25.3 Å². The van der Waals surface area contributed by atoms with E-state index in [9.17, 15) is 19.5 Å². The lowest BCUT2D eigenvalue weighted by Gasteiger charge is -2.31. The molecule has 0 bridgehead atoms. The molecule has 10 heteroatoms. The van der Waals surface area contributed by atoms with Crippen molar-refractivity contribution in [1.82, 2.24) is 4.90 Å². The molecule has 2 aliphatic rings. The Morgan fingerprint density at radius 1 is 1.28 bits per heavy atom. The second-order valence-electron chi connectivity index (χ2n) is 7.41. The van der Waals surface area contributed by atoms with Crippen molar-refractivity contribution in [3.63, 3.8) is 0 Å². The van der Waals surface area contributed by atoms with E-state index in [0.717, 1.165) is 11.3 Å². The van der Waals surface area contributed by atoms with Gasteiger partial charge in [-0.2, -0.15) is 0 Å². The van der Waals surface area contributed by atoms with Crippen LogP contribution in [0.15, 0.2) is 24.8 Å². The van der Waals surface area contributed by atoms with E-state index in [0.29, 0.717) is 25.1 Å². The van der Waals surface area contributed by atoms with Gasteiger partial charge in [0.15, 0.2) is 17.7 Å². The molecule has 1 aromatic rings. The van der Waals surface area contributed by atoms with Gasteiger partial charge in [0.25, 0.3) is 5.91 Å². The molecule has 2 atom stereocenters. The van der Waals surface area contributed by atoms with E-state index in [4.69, 9.17) is 14.2 Å². The zero-order valence-electron chi connectivity index (χ0n) is 18.2. The highest BCUT2D eigenvalue weighted by atomic mass is 16.6. The van der Waals surface area contributed by atoms with Gasteiger partial charge in [-0.3, -0.25) is 9.59 Å². The minimum absolute atomic E-state index is 0.0489. The highest BCUT2D eigenvalue weighted by Crippen LogP contribution is 2.41. The van der Waals surface area contributed by atoms with E-state index in [-0.39, 0.29) is 48.5 Å². The summed E-state index contributed by atoms with van der Waals surface area (Å²) in [4.78, 5) is 40.1. The standard InChI is InChI=1S/C22H28N2O8/c1-4-10-32-22(28)24-16-13-18(31-11-6-8-19(25)30-3)17(29-2)12-14(16)20(26)23-9-5-7-15(23)21(24)27/h4,12-13,15,21,27H,1,5-11H2,2-3H3/t15-,21?/m0/s1. The van der Waals surface area contributed by atoms with E-state index >= 15 is 0 Å². The van der Waals surface area contributed by atoms with Crippen LogP contribution in [0.1, 0.15) is 36.0 Å². The fourth-order valence-electron chi connectivity index (χ4n) is 3.92. The summed E-state index contributed by atoms with van der Waals surface area (Å²) in [6, 6.07) is 2.42. The molecule has 2 heterocycles. The summed E-state index contributed by atoms with van der Waals surface area (Å²) in [5, 5.41) is 11.1. The number of nitrogens with zero attached hydrogens (tertiary/aromatic N) is 2. The lowest BCUT2D eigenvalue weighted by Crippen LogP contribution is -2.50. The van der Waals surface area contributed by atoms with E-state index in [2.05, 4.69) is 11.3 Å². The van der Waals surface area contributed by atoms with Crippen molar-refractivity contribution in [2.24, 2.45) is 0 Å². The molecule has 1 unspecified atom stereocenters. The number of aliphatic hydroxyl groups excluding tert-OH is 1. The molecule has 1 N–H and O–H groups in total. The Morgan fingerprint density at radius 2 is 2.06 bits per heavy atom. The van der Waals surface area contributed by atoms with Crippen molar-refractivity contribution in [1.29, 1.82) is 0 Å². The number of carbonyl (C=O) groups is 3. The van der Waals surface area contributed by atoms with Crippen LogP contribution in [0.2, 0.25) is 0 Å². The number of methoxy groups -OCH3 is 2. The van der Waals surface area contributed by atoms with Crippen LogP contribution >= 0.6 is 0 Å². The first-order valence-corrected chi connectivity index (χ1v) is 10.4. The predicted molar refractivity (Wildman–Crippen MR) is 114 cm³/mol. The second-order valence-corrected chi connectivity index (χ2v) is 7.41. The molecule has 32 heavy (non-hydrogen) atoms. The number of ether oxygens (including phenoxy) is 4. The van der Waals surface area contributed by atoms with Crippen molar-refractivity contribution in [3.8, 4) is 11.5 Å². The molecule has 0 aliphatic carbocycles. The average Bonchev–Trinajstić information content (AvgIpc) is 3.27. The molecule has 10 nitrogen and oxygen atoms in total. The Labute approximate surface area is 186 Å². The van der Waals surface area contributed by atoms with Gasteiger partial charge in [0, 0.05) is 19.0 Å². The average molecular weight is 448 g/mol. The minimum Gasteiger partial charge on any atom is -0.493 e. The zero-order valence-corrected chi connectivity index (χ0v) is 18.2. The van der Waals surface area contributed by atoms with Crippen molar-refractivity contribution in [3.05, 3.63) is 30.4 Å². The Kier molecular flexibility index (Phi) is 7.57. The van der Waals surface area contributed by atoms with Gasteiger partial charge in [0.05, 0.1) is 38.1 Å². The molecule has 3 rings (SSSR count). The van der Waals surface area contributed by atoms with Crippen molar-refractivity contribution >= 4 is 23.7 Å². The Morgan fingerprint density at radius 3 is 2.75 bits per heavy atom. The van der Waals surface area contributed by atoms with Crippen LogP contribution in [0.4, 0.5) is 10.5 Å². The number of fused-ring (bicyclic) bond motifs is 2. The van der Waals surface area contributed by atoms with Gasteiger partial charge >= 0.3 is 12.1 Å². The number of carbonyl (C=O) groups excluding carboxylic acids is 3. The first kappa shape index (κ1) is 23.4. The minimum atomic E-state index is -1.29. The van der Waals surface area contributed by atoms with Crippen LogP contribution in [-0.2, 0) is 14.3 Å². The van der Waals surface area contributed by atoms with Gasteiger partial charge in [-0.15, -0.1) is 0 Å². The van der Waals surface area contributed by atoms with Gasteiger partial charge < -0.3 is 29.0 Å². The summed E-state index contributed by atoms with van der Waals surface area (Å²) in [5.74, 6) is -0.106. The topological polar surface area (TPSA) is 115 Å². The Bertz CT molecular complexity index is 887. The van der Waals surface area contributed by atoms with Crippen LogP contribution < -0.4 is 14.4 Å². The SMILES string of the molecule is C=CCOC(=O)N1c2cc(OCCCC(=O)OC)c(OC)cc2C(=O)N2CCC[C@H]2C1O. The maximum Gasteiger partial charge on any atom is 0.416 e. The quantitative estimate of drug-likeness (QED) is 0.365. The fraction of sp³-hybridized carbons (Fsp3) is 0.500. The number of amides is 2. The largest absolute Gasteiger partial charge is 0.493 e. The molecule has 0 spiro atoms. The number of benzene rings is 1. The third-order valence-corrected chi connectivity index (χ3v) is 5.47. The fourth-order valence-corrected chi connectivity index (χ4v) is 3.92. The number of hydrogen-bond acceptors (Lipinski definition) is 8. The van der Waals surface area contributed by atoms with E-state index in [1.807, 2.05) is 0 Å². The van der Waals surface area contributed by atoms with Crippen LogP contribution in [0.3, 0.4) is 0 Å².